The molecule has 1 N–H and O–H groups in total. The average molecular weight is 316 g/mol. The third-order valence-electron chi connectivity index (χ3n) is 2.19. The molecule has 0 aliphatic heterocycles. The van der Waals surface area contributed by atoms with Gasteiger partial charge in [-0.3, -0.25) is 0 Å². The fourth-order valence-corrected chi connectivity index (χ4v) is 3.62. The molecule has 19 heavy (non-hydrogen) atoms. The van der Waals surface area contributed by atoms with E-state index in [2.05, 4.69) is 65.4 Å². The molecule has 0 aliphatic carbocycles. The standard InChI is InChI=1S/C12H10Ge.C4H8O2/c1-3-7-11(8-4-1)13-12-9-5-2-6-10-12;1-3-6-4(2)5/h1-10H;3H2,1-2H3/p+1. The summed E-state index contributed by atoms with van der Waals surface area (Å²) in [6, 6.07) is 21.5. The van der Waals surface area contributed by atoms with Crippen LogP contribution >= 0.6 is 0 Å². The van der Waals surface area contributed by atoms with Crippen LogP contribution in [-0.2, 0) is 4.74 Å². The van der Waals surface area contributed by atoms with Gasteiger partial charge in [0.2, 0.25) is 0 Å². The molecule has 0 spiro atoms. The molecule has 2 aromatic rings. The van der Waals surface area contributed by atoms with Crippen LogP contribution in [0.2, 0.25) is 0 Å². The van der Waals surface area contributed by atoms with Gasteiger partial charge in [-0.1, -0.05) is 0 Å². The van der Waals surface area contributed by atoms with Crippen LogP contribution in [0.4, 0.5) is 0 Å². The number of hydrogen-bond acceptors (Lipinski definition) is 1. The van der Waals surface area contributed by atoms with E-state index < -0.39 is 0 Å². The fourth-order valence-electron chi connectivity index (χ4n) is 1.42. The second-order valence-corrected chi connectivity index (χ2v) is 6.76. The van der Waals surface area contributed by atoms with Crippen LogP contribution in [0.3, 0.4) is 0 Å². The van der Waals surface area contributed by atoms with Gasteiger partial charge in [0.25, 0.3) is 0 Å². The molecule has 0 atom stereocenters. The van der Waals surface area contributed by atoms with E-state index in [1.807, 2.05) is 6.92 Å². The molecular weight excluding hydrogens is 297 g/mol. The molecule has 2 rings (SSSR count). The first-order valence-electron chi connectivity index (χ1n) is 6.24. The Bertz CT molecular complexity index is 431. The zero-order valence-corrected chi connectivity index (χ0v) is 13.4. The van der Waals surface area contributed by atoms with Gasteiger partial charge < -0.3 is 9.53 Å². The van der Waals surface area contributed by atoms with Crippen molar-refractivity contribution < 1.29 is 9.53 Å². The number of ether oxygens (including phenoxy) is 1. The van der Waals surface area contributed by atoms with Crippen LogP contribution < -0.4 is 8.79 Å². The first kappa shape index (κ1) is 15.5. The Morgan fingerprint density at radius 1 is 0.947 bits per heavy atom. The van der Waals surface area contributed by atoms with Crippen molar-refractivity contribution >= 4 is 30.2 Å². The van der Waals surface area contributed by atoms with Gasteiger partial charge in [0.1, 0.15) is 0 Å². The maximum absolute atomic E-state index is 8.25. The van der Waals surface area contributed by atoms with Gasteiger partial charge in [-0.15, -0.1) is 0 Å². The predicted octanol–water partition coefficient (Wildman–Crippen LogP) is 1.89. The second-order valence-electron chi connectivity index (χ2n) is 3.81. The van der Waals surface area contributed by atoms with E-state index in [4.69, 9.17) is 4.79 Å². The van der Waals surface area contributed by atoms with Crippen LogP contribution in [0.5, 0.6) is 0 Å². The summed E-state index contributed by atoms with van der Waals surface area (Å²) in [7, 11) is 0. The van der Waals surface area contributed by atoms with E-state index in [0.29, 0.717) is 6.61 Å². The molecule has 0 saturated carbocycles. The van der Waals surface area contributed by atoms with E-state index >= 15 is 0 Å². The number of rotatable bonds is 3. The third kappa shape index (κ3) is 7.47. The summed E-state index contributed by atoms with van der Waals surface area (Å²) in [5.41, 5.74) is 0. The van der Waals surface area contributed by atoms with Gasteiger partial charge in [-0.2, -0.15) is 0 Å². The number of benzene rings is 2. The van der Waals surface area contributed by atoms with Gasteiger partial charge in [0.15, 0.2) is 6.61 Å². The Balaban J connectivity index is 0.000000258. The second kappa shape index (κ2) is 9.39. The van der Waals surface area contributed by atoms with Crippen molar-refractivity contribution in [2.45, 2.75) is 13.8 Å². The average Bonchev–Trinajstić information content (AvgIpc) is 2.41. The molecule has 0 fully saturated rings. The Morgan fingerprint density at radius 2 is 1.37 bits per heavy atom. The summed E-state index contributed by atoms with van der Waals surface area (Å²) < 4.78 is 7.50. The van der Waals surface area contributed by atoms with E-state index in [1.165, 1.54) is 15.7 Å². The van der Waals surface area contributed by atoms with Crippen molar-refractivity contribution in [3.05, 3.63) is 60.7 Å². The Labute approximate surface area is 121 Å². The Hall–Kier alpha value is -1.55. The molecule has 0 aliphatic rings. The van der Waals surface area contributed by atoms with E-state index in [9.17, 15) is 0 Å². The molecule has 0 aromatic heterocycles. The van der Waals surface area contributed by atoms with E-state index in [0.717, 1.165) is 0 Å². The summed E-state index contributed by atoms with van der Waals surface area (Å²) in [4.78, 5) is 8.25. The summed E-state index contributed by atoms with van der Waals surface area (Å²) in [6.07, 6.45) is 0. The van der Waals surface area contributed by atoms with Gasteiger partial charge >= 0.3 is 90.9 Å². The van der Waals surface area contributed by atoms with Crippen LogP contribution in [0.1, 0.15) is 13.8 Å². The van der Waals surface area contributed by atoms with Gasteiger partial charge in [0.05, 0.1) is 6.92 Å². The fraction of sp³-hybridized carbons (Fsp3) is 0.188. The molecule has 0 bridgehead atoms. The third-order valence-corrected chi connectivity index (χ3v) is 4.80. The zero-order chi connectivity index (χ0) is 13.9. The Kier molecular flexibility index (Phi) is 7.67. The van der Waals surface area contributed by atoms with E-state index in [-0.39, 0.29) is 21.4 Å². The maximum atomic E-state index is 8.25. The molecule has 98 valence electrons. The van der Waals surface area contributed by atoms with Crippen LogP contribution in [-0.4, -0.2) is 32.8 Å². The normalized spacial score (nSPS) is 9.16. The van der Waals surface area contributed by atoms with Crippen LogP contribution in [0.15, 0.2) is 60.7 Å². The molecule has 0 amide bonds. The summed E-state index contributed by atoms with van der Waals surface area (Å²) in [6.45, 7) is 3.87. The van der Waals surface area contributed by atoms with Crippen molar-refractivity contribution in [2.75, 3.05) is 6.61 Å². The number of esters is 1. The minimum absolute atomic E-state index is 0.0394. The number of carbonyl (C=O) groups excluding carboxylic acids is 1. The predicted molar refractivity (Wildman–Crippen MR) is 82.1 cm³/mol. The minimum atomic E-state index is -0.108. The summed E-state index contributed by atoms with van der Waals surface area (Å²) in [5.74, 6) is 0.0394. The first-order valence-corrected chi connectivity index (χ1v) is 8.34. The molecule has 3 heteroatoms. The van der Waals surface area contributed by atoms with E-state index in [1.54, 1.807) is 0 Å². The van der Waals surface area contributed by atoms with Crippen molar-refractivity contribution in [1.82, 2.24) is 0 Å². The summed E-state index contributed by atoms with van der Waals surface area (Å²) >= 11 is -0.108. The molecule has 2 radical (unpaired) electrons. The molecule has 0 saturated heterocycles. The monoisotopic (exact) mass is 317 g/mol. The topological polar surface area (TPSA) is 30.6 Å². The Morgan fingerprint density at radius 3 is 1.63 bits per heavy atom. The first-order chi connectivity index (χ1) is 9.22. The number of hydrogen-bond donors (Lipinski definition) is 0. The molecule has 2 aromatic carbocycles. The van der Waals surface area contributed by atoms with Gasteiger partial charge in [0, 0.05) is 0 Å². The molecular formula is C16H19GeO2+. The van der Waals surface area contributed by atoms with Crippen molar-refractivity contribution in [3.63, 3.8) is 0 Å². The van der Waals surface area contributed by atoms with Crippen molar-refractivity contribution in [2.24, 2.45) is 0 Å². The van der Waals surface area contributed by atoms with Crippen molar-refractivity contribution in [3.8, 4) is 0 Å². The summed E-state index contributed by atoms with van der Waals surface area (Å²) in [5, 5.41) is 0. The SMILES string of the molecule is CCOC(C)=[OH+].c1cc[c]([Ge][c]2ccccc2)cc1. The van der Waals surface area contributed by atoms with Crippen LogP contribution in [0.25, 0.3) is 0 Å². The van der Waals surface area contributed by atoms with Gasteiger partial charge in [-0.25, -0.2) is 0 Å². The van der Waals surface area contributed by atoms with Crippen LogP contribution in [0, 0.1) is 0 Å². The van der Waals surface area contributed by atoms with Crippen molar-refractivity contribution in [1.29, 1.82) is 0 Å². The molecule has 0 heterocycles. The zero-order valence-electron chi connectivity index (χ0n) is 11.3. The molecule has 2 nitrogen and oxygen atoms in total. The quantitative estimate of drug-likeness (QED) is 0.483. The molecule has 0 unspecified atom stereocenters. The van der Waals surface area contributed by atoms with Gasteiger partial charge in [-0.05, 0) is 6.92 Å².